The van der Waals surface area contributed by atoms with E-state index in [-0.39, 0.29) is 11.9 Å². The fourth-order valence-corrected chi connectivity index (χ4v) is 2.54. The number of hydrogen-bond donors (Lipinski definition) is 2. The van der Waals surface area contributed by atoms with Gasteiger partial charge in [0.25, 0.3) is 0 Å². The molecule has 1 saturated carbocycles. The fraction of sp³-hybridized carbons (Fsp3) is 0.533. The third-order valence-corrected chi connectivity index (χ3v) is 3.74. The Morgan fingerprint density at radius 1 is 1.32 bits per heavy atom. The highest BCUT2D eigenvalue weighted by Gasteiger charge is 2.18. The topological polar surface area (TPSA) is 56.0 Å². The minimum Gasteiger partial charge on any atom is -0.393 e. The first-order valence-electron chi connectivity index (χ1n) is 6.76. The van der Waals surface area contributed by atoms with Crippen LogP contribution < -0.4 is 5.32 Å². The van der Waals surface area contributed by atoms with Crippen LogP contribution in [0.25, 0.3) is 0 Å². The summed E-state index contributed by atoms with van der Waals surface area (Å²) in [7, 11) is 0. The summed E-state index contributed by atoms with van der Waals surface area (Å²) in [5, 5.41) is 21.5. The summed E-state index contributed by atoms with van der Waals surface area (Å²) >= 11 is 0. The maximum atomic E-state index is 13.5. The van der Waals surface area contributed by atoms with Crippen molar-refractivity contribution in [1.29, 1.82) is 5.26 Å². The maximum absolute atomic E-state index is 13.5. The molecular weight excluding hydrogens is 243 g/mol. The van der Waals surface area contributed by atoms with Gasteiger partial charge in [-0.1, -0.05) is 0 Å². The second-order valence-electron chi connectivity index (χ2n) is 5.22. The van der Waals surface area contributed by atoms with Crippen LogP contribution in [-0.4, -0.2) is 17.8 Å². The van der Waals surface area contributed by atoms with Crippen LogP contribution in [0.1, 0.15) is 36.8 Å². The van der Waals surface area contributed by atoms with Crippen molar-refractivity contribution < 1.29 is 9.50 Å². The van der Waals surface area contributed by atoms with E-state index in [0.29, 0.717) is 23.6 Å². The normalized spacial score (nSPS) is 23.0. The predicted octanol–water partition coefficient (Wildman–Crippen LogP) is 2.34. The summed E-state index contributed by atoms with van der Waals surface area (Å²) in [5.74, 6) is 0.288. The molecule has 1 fully saturated rings. The van der Waals surface area contributed by atoms with Crippen LogP contribution in [0.4, 0.5) is 4.39 Å². The number of halogens is 1. The van der Waals surface area contributed by atoms with Crippen molar-refractivity contribution in [3.63, 3.8) is 0 Å². The van der Waals surface area contributed by atoms with Gasteiger partial charge in [-0.25, -0.2) is 4.39 Å². The molecule has 0 heterocycles. The molecule has 1 aliphatic rings. The van der Waals surface area contributed by atoms with E-state index in [1.165, 1.54) is 12.1 Å². The van der Waals surface area contributed by atoms with E-state index in [2.05, 4.69) is 5.32 Å². The van der Waals surface area contributed by atoms with Gasteiger partial charge >= 0.3 is 0 Å². The summed E-state index contributed by atoms with van der Waals surface area (Å²) in [6, 6.07) is 6.43. The molecule has 0 aliphatic heterocycles. The van der Waals surface area contributed by atoms with Gasteiger partial charge in [-0.2, -0.15) is 5.26 Å². The van der Waals surface area contributed by atoms with E-state index in [1.54, 1.807) is 6.07 Å². The highest BCUT2D eigenvalue weighted by molar-refractivity contribution is 5.33. The summed E-state index contributed by atoms with van der Waals surface area (Å²) < 4.78 is 13.5. The van der Waals surface area contributed by atoms with E-state index in [1.807, 2.05) is 6.07 Å². The number of benzene rings is 1. The van der Waals surface area contributed by atoms with E-state index in [0.717, 1.165) is 32.2 Å². The molecule has 102 valence electrons. The van der Waals surface area contributed by atoms with Crippen LogP contribution in [-0.2, 0) is 6.54 Å². The Morgan fingerprint density at radius 2 is 2.05 bits per heavy atom. The van der Waals surface area contributed by atoms with Crippen LogP contribution in [0.15, 0.2) is 18.2 Å². The molecule has 2 N–H and O–H groups in total. The Bertz CT molecular complexity index is 462. The molecule has 3 nitrogen and oxygen atoms in total. The van der Waals surface area contributed by atoms with Crippen LogP contribution in [0.3, 0.4) is 0 Å². The van der Waals surface area contributed by atoms with Gasteiger partial charge in [0, 0.05) is 12.1 Å². The number of aliphatic hydroxyl groups is 1. The lowest BCUT2D eigenvalue weighted by Crippen LogP contribution is -2.28. The summed E-state index contributed by atoms with van der Waals surface area (Å²) in [6.45, 7) is 1.28. The van der Waals surface area contributed by atoms with Gasteiger partial charge in [0.1, 0.15) is 5.82 Å². The largest absolute Gasteiger partial charge is 0.393 e. The highest BCUT2D eigenvalue weighted by atomic mass is 19.1. The molecule has 0 radical (unpaired) electrons. The van der Waals surface area contributed by atoms with Gasteiger partial charge in [0.15, 0.2) is 0 Å². The van der Waals surface area contributed by atoms with Crippen LogP contribution in [0.2, 0.25) is 0 Å². The molecule has 4 heteroatoms. The van der Waals surface area contributed by atoms with Gasteiger partial charge in [-0.3, -0.25) is 0 Å². The summed E-state index contributed by atoms with van der Waals surface area (Å²) in [6.07, 6.45) is 3.64. The highest BCUT2D eigenvalue weighted by Crippen LogP contribution is 2.23. The molecule has 1 aromatic carbocycles. The van der Waals surface area contributed by atoms with Crippen LogP contribution >= 0.6 is 0 Å². The Balaban J connectivity index is 1.81. The first-order chi connectivity index (χ1) is 9.19. The molecule has 19 heavy (non-hydrogen) atoms. The monoisotopic (exact) mass is 262 g/mol. The van der Waals surface area contributed by atoms with Crippen molar-refractivity contribution in [2.45, 2.75) is 38.3 Å². The fourth-order valence-electron chi connectivity index (χ4n) is 2.54. The SMILES string of the molecule is N#Cc1ccc(F)c(CNCC2CCC(O)CC2)c1. The minimum absolute atomic E-state index is 0.138. The molecule has 1 aliphatic carbocycles. The third-order valence-electron chi connectivity index (χ3n) is 3.74. The average molecular weight is 262 g/mol. The Kier molecular flexibility index (Phi) is 4.89. The van der Waals surface area contributed by atoms with Gasteiger partial charge in [0.05, 0.1) is 17.7 Å². The van der Waals surface area contributed by atoms with Gasteiger partial charge in [-0.05, 0) is 56.3 Å². The van der Waals surface area contributed by atoms with Crippen molar-refractivity contribution in [1.82, 2.24) is 5.32 Å². The average Bonchev–Trinajstić information content (AvgIpc) is 2.43. The van der Waals surface area contributed by atoms with E-state index in [4.69, 9.17) is 5.26 Å². The second kappa shape index (κ2) is 6.65. The lowest BCUT2D eigenvalue weighted by Gasteiger charge is -2.25. The first-order valence-corrected chi connectivity index (χ1v) is 6.76. The maximum Gasteiger partial charge on any atom is 0.127 e. The number of nitriles is 1. The summed E-state index contributed by atoms with van der Waals surface area (Å²) in [4.78, 5) is 0. The van der Waals surface area contributed by atoms with Crippen LogP contribution in [0.5, 0.6) is 0 Å². The molecule has 2 rings (SSSR count). The van der Waals surface area contributed by atoms with Gasteiger partial charge in [0.2, 0.25) is 0 Å². The van der Waals surface area contributed by atoms with E-state index >= 15 is 0 Å². The molecular formula is C15H19FN2O. The van der Waals surface area contributed by atoms with Gasteiger partial charge < -0.3 is 10.4 Å². The Hall–Kier alpha value is -1.44. The van der Waals surface area contributed by atoms with E-state index in [9.17, 15) is 9.50 Å². The number of rotatable bonds is 4. The summed E-state index contributed by atoms with van der Waals surface area (Å²) in [5.41, 5.74) is 1.02. The third kappa shape index (κ3) is 4.02. The molecule has 0 spiro atoms. The van der Waals surface area contributed by atoms with E-state index < -0.39 is 0 Å². The zero-order valence-electron chi connectivity index (χ0n) is 10.9. The molecule has 1 aromatic rings. The lowest BCUT2D eigenvalue weighted by molar-refractivity contribution is 0.108. The molecule has 0 unspecified atom stereocenters. The van der Waals surface area contributed by atoms with Crippen molar-refractivity contribution in [3.05, 3.63) is 35.1 Å². The van der Waals surface area contributed by atoms with Crippen molar-refractivity contribution >= 4 is 0 Å². The molecule has 0 saturated heterocycles. The minimum atomic E-state index is -0.273. The quantitative estimate of drug-likeness (QED) is 0.875. The number of nitrogens with zero attached hydrogens (tertiary/aromatic N) is 1. The standard InChI is InChI=1S/C15H19FN2O/c16-15-6-3-12(8-17)7-13(15)10-18-9-11-1-4-14(19)5-2-11/h3,6-7,11,14,18-19H,1-2,4-5,9-10H2. The molecule has 0 bridgehead atoms. The van der Waals surface area contributed by atoms with Gasteiger partial charge in [-0.15, -0.1) is 0 Å². The first kappa shape index (κ1) is 14.0. The zero-order valence-corrected chi connectivity index (χ0v) is 10.9. The molecule has 0 aromatic heterocycles. The second-order valence-corrected chi connectivity index (χ2v) is 5.22. The smallest absolute Gasteiger partial charge is 0.127 e. The van der Waals surface area contributed by atoms with Crippen molar-refractivity contribution in [3.8, 4) is 6.07 Å². The number of hydrogen-bond acceptors (Lipinski definition) is 3. The lowest BCUT2D eigenvalue weighted by atomic mass is 9.87. The predicted molar refractivity (Wildman–Crippen MR) is 70.8 cm³/mol. The molecule has 0 amide bonds. The number of nitrogens with one attached hydrogen (secondary N) is 1. The Labute approximate surface area is 113 Å². The zero-order chi connectivity index (χ0) is 13.7. The number of aliphatic hydroxyl groups excluding tert-OH is 1. The molecule has 0 atom stereocenters. The van der Waals surface area contributed by atoms with Crippen LogP contribution in [0, 0.1) is 23.1 Å². The van der Waals surface area contributed by atoms with Crippen molar-refractivity contribution in [2.75, 3.05) is 6.54 Å². The Morgan fingerprint density at radius 3 is 2.74 bits per heavy atom. The van der Waals surface area contributed by atoms with Crippen molar-refractivity contribution in [2.24, 2.45) is 5.92 Å².